The van der Waals surface area contributed by atoms with E-state index in [1.807, 2.05) is 25.1 Å². The van der Waals surface area contributed by atoms with Crippen LogP contribution < -0.4 is 15.0 Å². The first-order chi connectivity index (χ1) is 14.0. The monoisotopic (exact) mass is 398 g/mol. The van der Waals surface area contributed by atoms with Crippen LogP contribution in [0.25, 0.3) is 0 Å². The molecule has 3 rings (SSSR count). The second-order valence-corrected chi connectivity index (χ2v) is 6.97. The van der Waals surface area contributed by atoms with E-state index in [1.165, 1.54) is 12.1 Å². The molecule has 0 unspecified atom stereocenters. The number of carbonyl (C=O) groups is 1. The quantitative estimate of drug-likeness (QED) is 0.570. The normalized spacial score (nSPS) is 14.5. The fourth-order valence-electron chi connectivity index (χ4n) is 3.44. The smallest absolute Gasteiger partial charge is 0.269 e. The van der Waals surface area contributed by atoms with Crippen LogP contribution in [0.3, 0.4) is 0 Å². The van der Waals surface area contributed by atoms with Crippen LogP contribution in [0.15, 0.2) is 42.5 Å². The minimum Gasteiger partial charge on any atom is -0.492 e. The number of benzene rings is 2. The van der Waals surface area contributed by atoms with Crippen LogP contribution >= 0.6 is 0 Å². The summed E-state index contributed by atoms with van der Waals surface area (Å²) in [6.07, 6.45) is 0. The predicted molar refractivity (Wildman–Crippen MR) is 113 cm³/mol. The van der Waals surface area contributed by atoms with Crippen molar-refractivity contribution >= 4 is 23.0 Å². The van der Waals surface area contributed by atoms with E-state index in [4.69, 9.17) is 4.74 Å². The lowest BCUT2D eigenvalue weighted by Crippen LogP contribution is -2.48. The average molecular weight is 398 g/mol. The predicted octanol–water partition coefficient (Wildman–Crippen LogP) is 3.06. The summed E-state index contributed by atoms with van der Waals surface area (Å²) in [5.74, 6) is 0.764. The minimum absolute atomic E-state index is 0.0176. The number of hydrogen-bond donors (Lipinski definition) is 1. The number of anilines is 2. The molecule has 2 aromatic carbocycles. The standard InChI is InChI=1S/C21H26N4O4/c1-3-29-20-7-5-4-6-19(20)24-12-10-23(11-13-24)15-21(26)22-18-9-8-17(25(27)28)14-16(18)2/h4-9,14H,3,10-13,15H2,1-2H3,(H,22,26). The first-order valence-electron chi connectivity index (χ1n) is 9.72. The van der Waals surface area contributed by atoms with E-state index >= 15 is 0 Å². The van der Waals surface area contributed by atoms with Gasteiger partial charge in [-0.05, 0) is 37.6 Å². The number of nitro benzene ring substituents is 1. The second kappa shape index (κ2) is 9.38. The third kappa shape index (κ3) is 5.23. The Morgan fingerprint density at radius 3 is 2.55 bits per heavy atom. The van der Waals surface area contributed by atoms with E-state index in [0.717, 1.165) is 37.6 Å². The average Bonchev–Trinajstić information content (AvgIpc) is 2.71. The van der Waals surface area contributed by atoms with Gasteiger partial charge in [0, 0.05) is 44.0 Å². The molecule has 0 atom stereocenters. The topological polar surface area (TPSA) is 88.0 Å². The maximum Gasteiger partial charge on any atom is 0.269 e. The number of para-hydroxylation sites is 2. The second-order valence-electron chi connectivity index (χ2n) is 6.97. The van der Waals surface area contributed by atoms with Crippen molar-refractivity contribution in [3.8, 4) is 5.75 Å². The summed E-state index contributed by atoms with van der Waals surface area (Å²) in [4.78, 5) is 27.2. The molecule has 1 heterocycles. The zero-order chi connectivity index (χ0) is 20.8. The zero-order valence-corrected chi connectivity index (χ0v) is 16.8. The fraction of sp³-hybridized carbons (Fsp3) is 0.381. The van der Waals surface area contributed by atoms with Crippen molar-refractivity contribution in [1.82, 2.24) is 4.90 Å². The van der Waals surface area contributed by atoms with Gasteiger partial charge in [0.1, 0.15) is 5.75 Å². The summed E-state index contributed by atoms with van der Waals surface area (Å²) in [7, 11) is 0. The van der Waals surface area contributed by atoms with Crippen molar-refractivity contribution in [3.63, 3.8) is 0 Å². The van der Waals surface area contributed by atoms with Gasteiger partial charge in [-0.3, -0.25) is 19.8 Å². The number of non-ortho nitro benzene ring substituents is 1. The Bertz CT molecular complexity index is 879. The molecule has 1 fully saturated rings. The number of amides is 1. The summed E-state index contributed by atoms with van der Waals surface area (Å²) in [5, 5.41) is 13.7. The number of nitro groups is 1. The highest BCUT2D eigenvalue weighted by Crippen LogP contribution is 2.28. The highest BCUT2D eigenvalue weighted by Gasteiger charge is 2.21. The molecule has 154 valence electrons. The van der Waals surface area contributed by atoms with Gasteiger partial charge in [-0.2, -0.15) is 0 Å². The minimum atomic E-state index is -0.443. The molecule has 0 radical (unpaired) electrons. The van der Waals surface area contributed by atoms with E-state index in [1.54, 1.807) is 13.0 Å². The summed E-state index contributed by atoms with van der Waals surface area (Å²) in [5.41, 5.74) is 2.37. The number of nitrogens with zero attached hydrogens (tertiary/aromatic N) is 3. The third-order valence-corrected chi connectivity index (χ3v) is 4.94. The number of ether oxygens (including phenoxy) is 1. The molecule has 0 bridgehead atoms. The van der Waals surface area contributed by atoms with E-state index in [0.29, 0.717) is 17.9 Å². The van der Waals surface area contributed by atoms with Gasteiger partial charge in [-0.25, -0.2) is 0 Å². The third-order valence-electron chi connectivity index (χ3n) is 4.94. The summed E-state index contributed by atoms with van der Waals surface area (Å²) in [6.45, 7) is 7.80. The highest BCUT2D eigenvalue weighted by molar-refractivity contribution is 5.93. The summed E-state index contributed by atoms with van der Waals surface area (Å²) >= 11 is 0. The molecule has 1 saturated heterocycles. The lowest BCUT2D eigenvalue weighted by Gasteiger charge is -2.36. The van der Waals surface area contributed by atoms with Gasteiger partial charge >= 0.3 is 0 Å². The SMILES string of the molecule is CCOc1ccccc1N1CCN(CC(=O)Nc2ccc([N+](=O)[O-])cc2C)CC1. The Labute approximate surface area is 170 Å². The molecule has 1 amide bonds. The van der Waals surface area contributed by atoms with Gasteiger partial charge in [0.15, 0.2) is 0 Å². The fourth-order valence-corrected chi connectivity index (χ4v) is 3.44. The van der Waals surface area contributed by atoms with Crippen molar-refractivity contribution in [2.45, 2.75) is 13.8 Å². The molecule has 1 aliphatic rings. The summed E-state index contributed by atoms with van der Waals surface area (Å²) < 4.78 is 5.72. The lowest BCUT2D eigenvalue weighted by atomic mass is 10.1. The number of piperazine rings is 1. The van der Waals surface area contributed by atoms with Gasteiger partial charge in [0.2, 0.25) is 5.91 Å². The molecule has 0 saturated carbocycles. The van der Waals surface area contributed by atoms with Crippen molar-refractivity contribution in [2.75, 3.05) is 49.5 Å². The van der Waals surface area contributed by atoms with E-state index in [-0.39, 0.29) is 18.1 Å². The van der Waals surface area contributed by atoms with Crippen LogP contribution in [-0.2, 0) is 4.79 Å². The molecule has 0 aromatic heterocycles. The van der Waals surface area contributed by atoms with E-state index in [2.05, 4.69) is 21.2 Å². The van der Waals surface area contributed by atoms with Gasteiger partial charge in [0.05, 0.1) is 23.8 Å². The van der Waals surface area contributed by atoms with Crippen LogP contribution in [-0.4, -0.2) is 55.1 Å². The first kappa shape index (κ1) is 20.6. The Kier molecular flexibility index (Phi) is 6.66. The number of aryl methyl sites for hydroxylation is 1. The van der Waals surface area contributed by atoms with Crippen molar-refractivity contribution in [3.05, 3.63) is 58.1 Å². The molecule has 8 nitrogen and oxygen atoms in total. The summed E-state index contributed by atoms with van der Waals surface area (Å²) in [6, 6.07) is 12.4. The van der Waals surface area contributed by atoms with Crippen molar-refractivity contribution in [1.29, 1.82) is 0 Å². The molecule has 8 heteroatoms. The molecule has 2 aromatic rings. The van der Waals surface area contributed by atoms with Crippen LogP contribution in [0.2, 0.25) is 0 Å². The van der Waals surface area contributed by atoms with E-state index in [9.17, 15) is 14.9 Å². The number of hydrogen-bond acceptors (Lipinski definition) is 6. The molecule has 1 aliphatic heterocycles. The van der Waals surface area contributed by atoms with Crippen molar-refractivity contribution in [2.24, 2.45) is 0 Å². The van der Waals surface area contributed by atoms with Crippen LogP contribution in [0.4, 0.5) is 17.1 Å². The van der Waals surface area contributed by atoms with Gasteiger partial charge in [-0.15, -0.1) is 0 Å². The Morgan fingerprint density at radius 2 is 1.90 bits per heavy atom. The Balaban J connectivity index is 1.53. The van der Waals surface area contributed by atoms with E-state index < -0.39 is 4.92 Å². The van der Waals surface area contributed by atoms with Crippen LogP contribution in [0.1, 0.15) is 12.5 Å². The number of rotatable bonds is 7. The zero-order valence-electron chi connectivity index (χ0n) is 16.8. The van der Waals surface area contributed by atoms with Gasteiger partial charge in [0.25, 0.3) is 5.69 Å². The maximum absolute atomic E-state index is 12.4. The molecule has 29 heavy (non-hydrogen) atoms. The number of nitrogens with one attached hydrogen (secondary N) is 1. The molecular weight excluding hydrogens is 372 g/mol. The molecule has 0 aliphatic carbocycles. The van der Waals surface area contributed by atoms with Gasteiger partial charge in [-0.1, -0.05) is 12.1 Å². The Hall–Kier alpha value is -3.13. The highest BCUT2D eigenvalue weighted by atomic mass is 16.6. The molecule has 1 N–H and O–H groups in total. The van der Waals surface area contributed by atoms with Crippen LogP contribution in [0.5, 0.6) is 5.75 Å². The van der Waals surface area contributed by atoms with Gasteiger partial charge < -0.3 is 15.0 Å². The molecule has 0 spiro atoms. The molecular formula is C21H26N4O4. The first-order valence-corrected chi connectivity index (χ1v) is 9.72. The van der Waals surface area contributed by atoms with Crippen molar-refractivity contribution < 1.29 is 14.5 Å². The largest absolute Gasteiger partial charge is 0.492 e. The Morgan fingerprint density at radius 1 is 1.17 bits per heavy atom. The lowest BCUT2D eigenvalue weighted by molar-refractivity contribution is -0.384. The van der Waals surface area contributed by atoms with Crippen LogP contribution in [0, 0.1) is 17.0 Å². The number of carbonyl (C=O) groups excluding carboxylic acids is 1. The maximum atomic E-state index is 12.4.